The summed E-state index contributed by atoms with van der Waals surface area (Å²) in [7, 11) is 1.68. The molecule has 0 bridgehead atoms. The van der Waals surface area contributed by atoms with Crippen LogP contribution in [0, 0.1) is 0 Å². The molecular weight excluding hydrogens is 260 g/mol. The summed E-state index contributed by atoms with van der Waals surface area (Å²) in [5, 5.41) is 3.71. The normalized spacial score (nSPS) is 11.3. The van der Waals surface area contributed by atoms with Crippen LogP contribution in [0.2, 0.25) is 0 Å². The van der Waals surface area contributed by atoms with Crippen LogP contribution in [0.25, 0.3) is 0 Å². The van der Waals surface area contributed by atoms with Crippen molar-refractivity contribution in [3.8, 4) is 0 Å². The zero-order valence-electron chi connectivity index (χ0n) is 12.4. The van der Waals surface area contributed by atoms with Crippen LogP contribution in [0.3, 0.4) is 0 Å². The van der Waals surface area contributed by atoms with E-state index < -0.39 is 5.91 Å². The summed E-state index contributed by atoms with van der Waals surface area (Å²) in [5.41, 5.74) is 2.23. The first kappa shape index (κ1) is 16.6. The molecule has 3 N–H and O–H groups in total. The van der Waals surface area contributed by atoms with Gasteiger partial charge in [0, 0.05) is 25.8 Å². The van der Waals surface area contributed by atoms with Crippen LogP contribution in [0.4, 0.5) is 0 Å². The predicted octanol–water partition coefficient (Wildman–Crippen LogP) is 0.915. The molecule has 0 aliphatic rings. The fourth-order valence-electron chi connectivity index (χ4n) is 2.17. The van der Waals surface area contributed by atoms with Gasteiger partial charge in [0.05, 0.1) is 13.2 Å². The van der Waals surface area contributed by atoms with Gasteiger partial charge in [0.2, 0.25) is 0 Å². The SMILES string of the molecule is CCC(CC)N(CCOC)Cc1cc(C(=O)NN)no1. The Kier molecular flexibility index (Phi) is 7.21. The van der Waals surface area contributed by atoms with E-state index in [0.717, 1.165) is 19.4 Å². The van der Waals surface area contributed by atoms with E-state index in [2.05, 4.69) is 23.9 Å². The number of hydrazine groups is 1. The minimum absolute atomic E-state index is 0.193. The number of rotatable bonds is 9. The van der Waals surface area contributed by atoms with Gasteiger partial charge < -0.3 is 9.26 Å². The van der Waals surface area contributed by atoms with E-state index >= 15 is 0 Å². The monoisotopic (exact) mass is 284 g/mol. The van der Waals surface area contributed by atoms with E-state index in [1.54, 1.807) is 13.2 Å². The summed E-state index contributed by atoms with van der Waals surface area (Å²) >= 11 is 0. The number of carbonyl (C=O) groups excluding carboxylic acids is 1. The van der Waals surface area contributed by atoms with E-state index in [1.165, 1.54) is 0 Å². The van der Waals surface area contributed by atoms with Gasteiger partial charge in [-0.05, 0) is 12.8 Å². The van der Waals surface area contributed by atoms with Crippen LogP contribution in [0.15, 0.2) is 10.6 Å². The molecule has 114 valence electrons. The molecule has 1 aromatic heterocycles. The van der Waals surface area contributed by atoms with Gasteiger partial charge in [-0.15, -0.1) is 0 Å². The topological polar surface area (TPSA) is 93.6 Å². The molecule has 0 aromatic carbocycles. The zero-order chi connectivity index (χ0) is 15.0. The average Bonchev–Trinajstić information content (AvgIpc) is 2.93. The second kappa shape index (κ2) is 8.68. The lowest BCUT2D eigenvalue weighted by atomic mass is 10.1. The minimum atomic E-state index is -0.453. The molecular formula is C13H24N4O3. The fourth-order valence-corrected chi connectivity index (χ4v) is 2.17. The molecule has 7 heteroatoms. The van der Waals surface area contributed by atoms with Crippen molar-refractivity contribution in [3.63, 3.8) is 0 Å². The smallest absolute Gasteiger partial charge is 0.287 e. The van der Waals surface area contributed by atoms with E-state index in [4.69, 9.17) is 15.1 Å². The summed E-state index contributed by atoms with van der Waals surface area (Å²) in [4.78, 5) is 13.6. The number of carbonyl (C=O) groups is 1. The Morgan fingerprint density at radius 3 is 2.80 bits per heavy atom. The number of nitrogens with zero attached hydrogens (tertiary/aromatic N) is 2. The number of methoxy groups -OCH3 is 1. The molecule has 0 radical (unpaired) electrons. The summed E-state index contributed by atoms with van der Waals surface area (Å²) in [5.74, 6) is 5.26. The first-order valence-corrected chi connectivity index (χ1v) is 6.85. The van der Waals surface area contributed by atoms with Crippen LogP contribution in [-0.4, -0.2) is 42.3 Å². The van der Waals surface area contributed by atoms with E-state index in [-0.39, 0.29) is 5.69 Å². The Bertz CT molecular complexity index is 404. The van der Waals surface area contributed by atoms with Crippen LogP contribution >= 0.6 is 0 Å². The fraction of sp³-hybridized carbons (Fsp3) is 0.692. The Hall–Kier alpha value is -1.44. The Morgan fingerprint density at radius 1 is 1.55 bits per heavy atom. The van der Waals surface area contributed by atoms with Gasteiger partial charge >= 0.3 is 0 Å². The Balaban J connectivity index is 2.72. The van der Waals surface area contributed by atoms with Gasteiger partial charge in [-0.1, -0.05) is 19.0 Å². The van der Waals surface area contributed by atoms with Gasteiger partial charge in [-0.3, -0.25) is 15.1 Å². The Labute approximate surface area is 119 Å². The molecule has 0 atom stereocenters. The highest BCUT2D eigenvalue weighted by Crippen LogP contribution is 2.14. The summed E-state index contributed by atoms with van der Waals surface area (Å²) < 4.78 is 10.3. The maximum absolute atomic E-state index is 11.3. The summed E-state index contributed by atoms with van der Waals surface area (Å²) in [6, 6.07) is 2.06. The van der Waals surface area contributed by atoms with Gasteiger partial charge in [0.15, 0.2) is 11.5 Å². The number of aromatic nitrogens is 1. The highest BCUT2D eigenvalue weighted by Gasteiger charge is 2.18. The van der Waals surface area contributed by atoms with Crippen molar-refractivity contribution < 1.29 is 14.1 Å². The van der Waals surface area contributed by atoms with Crippen LogP contribution in [0.1, 0.15) is 42.9 Å². The quantitative estimate of drug-likeness (QED) is 0.398. The molecule has 1 aromatic rings. The maximum atomic E-state index is 11.3. The van der Waals surface area contributed by atoms with Crippen molar-refractivity contribution in [3.05, 3.63) is 17.5 Å². The second-order valence-corrected chi connectivity index (χ2v) is 4.59. The minimum Gasteiger partial charge on any atom is -0.383 e. The highest BCUT2D eigenvalue weighted by atomic mass is 16.5. The van der Waals surface area contributed by atoms with Crippen molar-refractivity contribution in [2.24, 2.45) is 5.84 Å². The van der Waals surface area contributed by atoms with Crippen molar-refractivity contribution in [2.75, 3.05) is 20.3 Å². The number of nitrogens with one attached hydrogen (secondary N) is 1. The number of nitrogens with two attached hydrogens (primary N) is 1. The third kappa shape index (κ3) is 4.59. The van der Waals surface area contributed by atoms with Crippen molar-refractivity contribution >= 4 is 5.91 Å². The molecule has 0 saturated carbocycles. The number of hydrogen-bond donors (Lipinski definition) is 2. The van der Waals surface area contributed by atoms with Gasteiger partial charge in [-0.2, -0.15) is 0 Å². The van der Waals surface area contributed by atoms with Gasteiger partial charge in [0.25, 0.3) is 5.91 Å². The lowest BCUT2D eigenvalue weighted by Gasteiger charge is -2.29. The van der Waals surface area contributed by atoms with E-state index in [9.17, 15) is 4.79 Å². The molecule has 20 heavy (non-hydrogen) atoms. The molecule has 0 spiro atoms. The molecule has 0 saturated heterocycles. The standard InChI is InChI=1S/C13H24N4O3/c1-4-10(5-2)17(6-7-19-3)9-11-8-12(16-20-11)13(18)15-14/h8,10H,4-7,9,14H2,1-3H3,(H,15,18). The van der Waals surface area contributed by atoms with Crippen LogP contribution in [-0.2, 0) is 11.3 Å². The van der Waals surface area contributed by atoms with Crippen molar-refractivity contribution in [1.82, 2.24) is 15.5 Å². The van der Waals surface area contributed by atoms with Crippen LogP contribution < -0.4 is 11.3 Å². The predicted molar refractivity (Wildman–Crippen MR) is 74.8 cm³/mol. The molecule has 0 aliphatic heterocycles. The molecule has 0 fully saturated rings. The molecule has 1 amide bonds. The number of ether oxygens (including phenoxy) is 1. The van der Waals surface area contributed by atoms with E-state index in [1.807, 2.05) is 5.43 Å². The number of amides is 1. The third-order valence-electron chi connectivity index (χ3n) is 3.32. The highest BCUT2D eigenvalue weighted by molar-refractivity contribution is 5.91. The summed E-state index contributed by atoms with van der Waals surface area (Å²) in [6.07, 6.45) is 2.09. The van der Waals surface area contributed by atoms with Crippen molar-refractivity contribution in [1.29, 1.82) is 0 Å². The maximum Gasteiger partial charge on any atom is 0.287 e. The number of hydrogen-bond acceptors (Lipinski definition) is 6. The average molecular weight is 284 g/mol. The lowest BCUT2D eigenvalue weighted by Crippen LogP contribution is -2.36. The molecule has 1 heterocycles. The molecule has 0 unspecified atom stereocenters. The third-order valence-corrected chi connectivity index (χ3v) is 3.32. The Morgan fingerprint density at radius 2 is 2.25 bits per heavy atom. The molecule has 1 rings (SSSR count). The van der Waals surface area contributed by atoms with Crippen molar-refractivity contribution in [2.45, 2.75) is 39.3 Å². The first-order valence-electron chi connectivity index (χ1n) is 6.85. The first-order chi connectivity index (χ1) is 9.65. The number of nitrogen functional groups attached to an aromatic ring is 1. The summed E-state index contributed by atoms with van der Waals surface area (Å²) in [6.45, 7) is 6.37. The van der Waals surface area contributed by atoms with E-state index in [0.29, 0.717) is 25.0 Å². The van der Waals surface area contributed by atoms with Gasteiger partial charge in [0.1, 0.15) is 0 Å². The van der Waals surface area contributed by atoms with Gasteiger partial charge in [-0.25, -0.2) is 5.84 Å². The lowest BCUT2D eigenvalue weighted by molar-refractivity contribution is 0.0942. The largest absolute Gasteiger partial charge is 0.383 e. The molecule has 7 nitrogen and oxygen atoms in total. The molecule has 0 aliphatic carbocycles. The zero-order valence-corrected chi connectivity index (χ0v) is 12.4. The second-order valence-electron chi connectivity index (χ2n) is 4.59. The van der Waals surface area contributed by atoms with Crippen LogP contribution in [0.5, 0.6) is 0 Å².